The Kier molecular flexibility index (Phi) is 5.94. The molecule has 0 bridgehead atoms. The van der Waals surface area contributed by atoms with E-state index in [0.29, 0.717) is 23.6 Å². The molecule has 0 saturated heterocycles. The molecule has 2 rings (SSSR count). The zero-order valence-electron chi connectivity index (χ0n) is 11.5. The molecule has 0 aliphatic heterocycles. The molecule has 0 aromatic heterocycles. The van der Waals surface area contributed by atoms with Crippen LogP contribution in [0.4, 0.5) is 0 Å². The molecule has 2 N–H and O–H groups in total. The van der Waals surface area contributed by atoms with Gasteiger partial charge in [0.25, 0.3) is 0 Å². The standard InChI is InChI=1S/C15H18ClNO3S/c16-12-3-1-2-10(6-12)8-21-9-14(18)17-13-5-4-11(7-13)15(19)20/h1-3,6,11,13H,4-5,7-9H2,(H,17,18)(H,19,20)/t11-,13+/m1/s1. The van der Waals surface area contributed by atoms with E-state index in [4.69, 9.17) is 16.7 Å². The van der Waals surface area contributed by atoms with Crippen molar-refractivity contribution in [3.63, 3.8) is 0 Å². The first-order valence-corrected chi connectivity index (χ1v) is 8.42. The van der Waals surface area contributed by atoms with Gasteiger partial charge in [-0.05, 0) is 37.0 Å². The molecule has 114 valence electrons. The number of carbonyl (C=O) groups is 2. The van der Waals surface area contributed by atoms with Crippen molar-refractivity contribution in [2.75, 3.05) is 5.75 Å². The summed E-state index contributed by atoms with van der Waals surface area (Å²) < 4.78 is 0. The van der Waals surface area contributed by atoms with Crippen LogP contribution in [-0.2, 0) is 15.3 Å². The van der Waals surface area contributed by atoms with Gasteiger partial charge in [-0.25, -0.2) is 0 Å². The monoisotopic (exact) mass is 327 g/mol. The second kappa shape index (κ2) is 7.71. The number of amides is 1. The van der Waals surface area contributed by atoms with Crippen molar-refractivity contribution in [3.05, 3.63) is 34.9 Å². The summed E-state index contributed by atoms with van der Waals surface area (Å²) in [5, 5.41) is 12.5. The quantitative estimate of drug-likeness (QED) is 0.843. The molecule has 0 spiro atoms. The van der Waals surface area contributed by atoms with E-state index < -0.39 is 5.97 Å². The molecule has 1 amide bonds. The summed E-state index contributed by atoms with van der Waals surface area (Å²) >= 11 is 7.43. The first-order valence-electron chi connectivity index (χ1n) is 6.89. The van der Waals surface area contributed by atoms with E-state index in [1.165, 1.54) is 11.8 Å². The molecule has 6 heteroatoms. The highest BCUT2D eigenvalue weighted by Gasteiger charge is 2.30. The van der Waals surface area contributed by atoms with Crippen LogP contribution in [0.1, 0.15) is 24.8 Å². The van der Waals surface area contributed by atoms with Gasteiger partial charge in [-0.1, -0.05) is 23.7 Å². The first-order chi connectivity index (χ1) is 10.0. The fourth-order valence-electron chi connectivity index (χ4n) is 2.49. The van der Waals surface area contributed by atoms with Gasteiger partial charge < -0.3 is 10.4 Å². The minimum atomic E-state index is -0.762. The average molecular weight is 328 g/mol. The summed E-state index contributed by atoms with van der Waals surface area (Å²) in [5.41, 5.74) is 1.09. The van der Waals surface area contributed by atoms with Crippen molar-refractivity contribution in [2.24, 2.45) is 5.92 Å². The lowest BCUT2D eigenvalue weighted by Crippen LogP contribution is -2.34. The number of rotatable bonds is 6. The number of carboxylic acids is 1. The molecule has 4 nitrogen and oxygen atoms in total. The van der Waals surface area contributed by atoms with Crippen LogP contribution in [0.5, 0.6) is 0 Å². The molecule has 21 heavy (non-hydrogen) atoms. The van der Waals surface area contributed by atoms with E-state index in [-0.39, 0.29) is 17.9 Å². The number of carboxylic acid groups (broad SMARTS) is 1. The minimum absolute atomic E-state index is 0.00497. The molecule has 1 aliphatic rings. The van der Waals surface area contributed by atoms with Crippen LogP contribution in [0.25, 0.3) is 0 Å². The SMILES string of the molecule is O=C(CSCc1cccc(Cl)c1)N[C@H]1CC[C@@H](C(=O)O)C1. The third kappa shape index (κ3) is 5.25. The summed E-state index contributed by atoms with van der Waals surface area (Å²) in [7, 11) is 0. The lowest BCUT2D eigenvalue weighted by atomic mass is 10.1. The second-order valence-corrected chi connectivity index (χ2v) is 6.66. The molecule has 1 aromatic rings. The third-order valence-electron chi connectivity index (χ3n) is 3.54. The Morgan fingerprint density at radius 3 is 2.86 bits per heavy atom. The zero-order chi connectivity index (χ0) is 15.2. The Balaban J connectivity index is 1.67. The smallest absolute Gasteiger partial charge is 0.306 e. The Hall–Kier alpha value is -1.20. The molecule has 1 fully saturated rings. The second-order valence-electron chi connectivity index (χ2n) is 5.24. The van der Waals surface area contributed by atoms with Crippen LogP contribution in [0.2, 0.25) is 5.02 Å². The maximum absolute atomic E-state index is 11.8. The Morgan fingerprint density at radius 2 is 2.19 bits per heavy atom. The predicted octanol–water partition coefficient (Wildman–Crippen LogP) is 2.94. The van der Waals surface area contributed by atoms with Crippen molar-refractivity contribution < 1.29 is 14.7 Å². The number of thioether (sulfide) groups is 1. The van der Waals surface area contributed by atoms with Crippen LogP contribution in [-0.4, -0.2) is 28.8 Å². The Bertz CT molecular complexity index is 523. The molecule has 0 heterocycles. The number of halogens is 1. The largest absolute Gasteiger partial charge is 0.481 e. The number of carbonyl (C=O) groups excluding carboxylic acids is 1. The van der Waals surface area contributed by atoms with Gasteiger partial charge in [-0.3, -0.25) is 9.59 Å². The number of aliphatic carboxylic acids is 1. The number of benzene rings is 1. The van der Waals surface area contributed by atoms with Gasteiger partial charge in [0, 0.05) is 16.8 Å². The van der Waals surface area contributed by atoms with Crippen molar-refractivity contribution in [2.45, 2.75) is 31.1 Å². The highest BCUT2D eigenvalue weighted by molar-refractivity contribution is 7.99. The molecule has 1 saturated carbocycles. The van der Waals surface area contributed by atoms with Crippen LogP contribution >= 0.6 is 23.4 Å². The fourth-order valence-corrected chi connectivity index (χ4v) is 3.49. The van der Waals surface area contributed by atoms with Gasteiger partial charge in [0.15, 0.2) is 0 Å². The van der Waals surface area contributed by atoms with Crippen molar-refractivity contribution >= 4 is 35.2 Å². The van der Waals surface area contributed by atoms with Gasteiger partial charge in [-0.15, -0.1) is 11.8 Å². The average Bonchev–Trinajstić information content (AvgIpc) is 2.87. The zero-order valence-corrected chi connectivity index (χ0v) is 13.1. The van der Waals surface area contributed by atoms with E-state index in [1.807, 2.05) is 24.3 Å². The lowest BCUT2D eigenvalue weighted by Gasteiger charge is -2.12. The molecule has 1 aromatic carbocycles. The predicted molar refractivity (Wildman–Crippen MR) is 84.5 cm³/mol. The van der Waals surface area contributed by atoms with Crippen LogP contribution < -0.4 is 5.32 Å². The fraction of sp³-hybridized carbons (Fsp3) is 0.467. The van der Waals surface area contributed by atoms with E-state index >= 15 is 0 Å². The molecule has 1 aliphatic carbocycles. The lowest BCUT2D eigenvalue weighted by molar-refractivity contribution is -0.141. The summed E-state index contributed by atoms with van der Waals surface area (Å²) in [6, 6.07) is 7.58. The normalized spacial score (nSPS) is 21.2. The Labute approximate surface area is 133 Å². The number of hydrogen-bond acceptors (Lipinski definition) is 3. The van der Waals surface area contributed by atoms with Crippen LogP contribution in [0, 0.1) is 5.92 Å². The van der Waals surface area contributed by atoms with Gasteiger partial charge >= 0.3 is 5.97 Å². The van der Waals surface area contributed by atoms with E-state index in [2.05, 4.69) is 5.32 Å². The summed E-state index contributed by atoms with van der Waals surface area (Å²) in [6.45, 7) is 0. The molecular weight excluding hydrogens is 310 g/mol. The van der Waals surface area contributed by atoms with Gasteiger partial charge in [0.2, 0.25) is 5.91 Å². The van der Waals surface area contributed by atoms with Crippen molar-refractivity contribution in [1.82, 2.24) is 5.32 Å². The first kappa shape index (κ1) is 16.2. The van der Waals surface area contributed by atoms with Crippen LogP contribution in [0.3, 0.4) is 0 Å². The maximum atomic E-state index is 11.8. The van der Waals surface area contributed by atoms with E-state index in [1.54, 1.807) is 0 Å². The van der Waals surface area contributed by atoms with E-state index in [9.17, 15) is 9.59 Å². The number of nitrogens with one attached hydrogen (secondary N) is 1. The number of hydrogen-bond donors (Lipinski definition) is 2. The molecule has 2 atom stereocenters. The minimum Gasteiger partial charge on any atom is -0.481 e. The maximum Gasteiger partial charge on any atom is 0.306 e. The molecular formula is C15H18ClNO3S. The van der Waals surface area contributed by atoms with Gasteiger partial charge in [0.05, 0.1) is 11.7 Å². The molecule has 0 radical (unpaired) electrons. The van der Waals surface area contributed by atoms with Gasteiger partial charge in [-0.2, -0.15) is 0 Å². The van der Waals surface area contributed by atoms with Crippen LogP contribution in [0.15, 0.2) is 24.3 Å². The van der Waals surface area contributed by atoms with Crippen molar-refractivity contribution in [1.29, 1.82) is 0 Å². The highest BCUT2D eigenvalue weighted by Crippen LogP contribution is 2.25. The van der Waals surface area contributed by atoms with Gasteiger partial charge in [0.1, 0.15) is 0 Å². The summed E-state index contributed by atoms with van der Waals surface area (Å²) in [6.07, 6.45) is 1.94. The molecule has 0 unspecified atom stereocenters. The highest BCUT2D eigenvalue weighted by atomic mass is 35.5. The Morgan fingerprint density at radius 1 is 1.38 bits per heavy atom. The summed E-state index contributed by atoms with van der Waals surface area (Å²) in [5.74, 6) is 0.00602. The third-order valence-corrected chi connectivity index (χ3v) is 4.78. The summed E-state index contributed by atoms with van der Waals surface area (Å²) in [4.78, 5) is 22.7. The van der Waals surface area contributed by atoms with Crippen molar-refractivity contribution in [3.8, 4) is 0 Å². The topological polar surface area (TPSA) is 66.4 Å². The van der Waals surface area contributed by atoms with E-state index in [0.717, 1.165) is 17.7 Å².